The quantitative estimate of drug-likeness (QED) is 0.801. The second-order valence-electron chi connectivity index (χ2n) is 4.61. The molecule has 2 aromatic rings. The third-order valence-corrected chi connectivity index (χ3v) is 3.51. The minimum absolute atomic E-state index is 0.178. The molecule has 6 heteroatoms. The lowest BCUT2D eigenvalue weighted by atomic mass is 10.2. The van der Waals surface area contributed by atoms with Crippen molar-refractivity contribution in [2.75, 3.05) is 25.7 Å². The Bertz CT molecular complexity index is 688. The van der Waals surface area contributed by atoms with Crippen molar-refractivity contribution >= 4 is 17.8 Å². The maximum Gasteiger partial charge on any atom is 0.321 e. The van der Waals surface area contributed by atoms with E-state index in [1.807, 2.05) is 23.1 Å². The number of benzene rings is 1. The monoisotopic (exact) mass is 285 g/mol. The van der Waals surface area contributed by atoms with Gasteiger partial charge in [0.15, 0.2) is 12.1 Å². The number of carbonyl (C=O) groups is 1. The van der Waals surface area contributed by atoms with E-state index in [2.05, 4.69) is 16.0 Å². The zero-order chi connectivity index (χ0) is 14.8. The van der Waals surface area contributed by atoms with Crippen LogP contribution in [0.2, 0.25) is 0 Å². The first-order valence-electron chi connectivity index (χ1n) is 6.59. The third kappa shape index (κ3) is 2.18. The summed E-state index contributed by atoms with van der Waals surface area (Å²) in [5.74, 6) is 0.731. The van der Waals surface area contributed by atoms with E-state index in [9.17, 15) is 4.79 Å². The van der Waals surface area contributed by atoms with Gasteiger partial charge >= 0.3 is 6.01 Å². The molecule has 2 heterocycles. The molecule has 0 bridgehead atoms. The molecular formula is C15H15N3O3. The van der Waals surface area contributed by atoms with Crippen LogP contribution in [0.4, 0.5) is 11.5 Å². The van der Waals surface area contributed by atoms with Gasteiger partial charge < -0.3 is 14.4 Å². The fourth-order valence-corrected chi connectivity index (χ4v) is 2.53. The minimum Gasteiger partial charge on any atom is -0.480 e. The average Bonchev–Trinajstić information content (AvgIpc) is 2.97. The van der Waals surface area contributed by atoms with E-state index in [4.69, 9.17) is 9.47 Å². The topological polar surface area (TPSA) is 64.6 Å². The first kappa shape index (κ1) is 13.4. The number of hydrogen-bond acceptors (Lipinski definition) is 6. The van der Waals surface area contributed by atoms with Crippen LogP contribution in [0, 0.1) is 0 Å². The number of fused-ring (bicyclic) bond motifs is 1. The van der Waals surface area contributed by atoms with Crippen molar-refractivity contribution < 1.29 is 14.3 Å². The molecule has 1 aliphatic heterocycles. The summed E-state index contributed by atoms with van der Waals surface area (Å²) in [5, 5.41) is 0. The van der Waals surface area contributed by atoms with Crippen LogP contribution in [0.3, 0.4) is 0 Å². The van der Waals surface area contributed by atoms with Crippen LogP contribution in [-0.2, 0) is 6.42 Å². The Labute approximate surface area is 122 Å². The number of carbonyl (C=O) groups excluding carboxylic acids is 1. The number of hydrogen-bond donors (Lipinski definition) is 0. The molecule has 6 nitrogen and oxygen atoms in total. The average molecular weight is 285 g/mol. The summed E-state index contributed by atoms with van der Waals surface area (Å²) in [6, 6.07) is 8.23. The summed E-state index contributed by atoms with van der Waals surface area (Å²) in [7, 11) is 2.95. The van der Waals surface area contributed by atoms with Crippen molar-refractivity contribution in [1.82, 2.24) is 9.97 Å². The van der Waals surface area contributed by atoms with Gasteiger partial charge in [0, 0.05) is 12.2 Å². The van der Waals surface area contributed by atoms with Crippen LogP contribution < -0.4 is 14.4 Å². The molecule has 0 fully saturated rings. The largest absolute Gasteiger partial charge is 0.480 e. The van der Waals surface area contributed by atoms with Gasteiger partial charge in [-0.2, -0.15) is 9.97 Å². The highest BCUT2D eigenvalue weighted by Crippen LogP contribution is 2.37. The predicted octanol–water partition coefficient (Wildman–Crippen LogP) is 2.00. The van der Waals surface area contributed by atoms with Crippen molar-refractivity contribution in [2.24, 2.45) is 0 Å². The van der Waals surface area contributed by atoms with Gasteiger partial charge in [0.2, 0.25) is 5.88 Å². The van der Waals surface area contributed by atoms with Crippen molar-refractivity contribution in [3.05, 3.63) is 35.4 Å². The lowest BCUT2D eigenvalue weighted by molar-refractivity contribution is 0.112. The molecule has 0 atom stereocenters. The second-order valence-corrected chi connectivity index (χ2v) is 4.61. The van der Waals surface area contributed by atoms with Gasteiger partial charge in [-0.15, -0.1) is 0 Å². The molecule has 1 aliphatic rings. The Morgan fingerprint density at radius 1 is 1.19 bits per heavy atom. The van der Waals surface area contributed by atoms with Crippen molar-refractivity contribution in [2.45, 2.75) is 6.42 Å². The molecular weight excluding hydrogens is 270 g/mol. The first-order chi connectivity index (χ1) is 10.3. The molecule has 0 radical (unpaired) electrons. The van der Waals surface area contributed by atoms with Gasteiger partial charge in [-0.25, -0.2) is 0 Å². The zero-order valence-electron chi connectivity index (χ0n) is 11.9. The molecule has 108 valence electrons. The highest BCUT2D eigenvalue weighted by molar-refractivity contribution is 5.88. The van der Waals surface area contributed by atoms with Gasteiger partial charge in [0.05, 0.1) is 14.2 Å². The third-order valence-electron chi connectivity index (χ3n) is 3.51. The van der Waals surface area contributed by atoms with Crippen LogP contribution in [0.15, 0.2) is 24.3 Å². The van der Waals surface area contributed by atoms with Gasteiger partial charge in [0.1, 0.15) is 5.56 Å². The van der Waals surface area contributed by atoms with Crippen LogP contribution in [0.1, 0.15) is 15.9 Å². The van der Waals surface area contributed by atoms with Gasteiger partial charge in [-0.1, -0.05) is 18.2 Å². The normalized spacial score (nSPS) is 13.0. The predicted molar refractivity (Wildman–Crippen MR) is 77.7 cm³/mol. The van der Waals surface area contributed by atoms with Crippen molar-refractivity contribution in [3.8, 4) is 11.9 Å². The lowest BCUT2D eigenvalue weighted by Crippen LogP contribution is -2.18. The molecule has 0 aliphatic carbocycles. The Hall–Kier alpha value is -2.63. The number of para-hydroxylation sites is 1. The Balaban J connectivity index is 2.16. The Morgan fingerprint density at radius 2 is 2.00 bits per heavy atom. The number of methoxy groups -OCH3 is 2. The molecule has 1 aromatic carbocycles. The van der Waals surface area contributed by atoms with E-state index in [0.29, 0.717) is 17.7 Å². The molecule has 0 N–H and O–H groups in total. The summed E-state index contributed by atoms with van der Waals surface area (Å²) in [6.45, 7) is 0.753. The standard InChI is InChI=1S/C15H15N3O3/c1-20-14-11(9-19)13(16-15(17-14)21-2)18-8-7-10-5-3-4-6-12(10)18/h3-6,9H,7-8H2,1-2H3. The maximum absolute atomic E-state index is 11.4. The van der Waals surface area contributed by atoms with E-state index in [1.165, 1.54) is 19.8 Å². The SMILES string of the molecule is COc1nc(OC)c(C=O)c(N2CCc3ccccc32)n1. The molecule has 0 amide bonds. The number of ether oxygens (including phenoxy) is 2. The van der Waals surface area contributed by atoms with Gasteiger partial charge in [-0.3, -0.25) is 4.79 Å². The van der Waals surface area contributed by atoms with E-state index in [1.54, 1.807) is 0 Å². The van der Waals surface area contributed by atoms with Crippen LogP contribution in [0.25, 0.3) is 0 Å². The second kappa shape index (κ2) is 5.40. The fourth-order valence-electron chi connectivity index (χ4n) is 2.53. The smallest absolute Gasteiger partial charge is 0.321 e. The summed E-state index contributed by atoms with van der Waals surface area (Å²) in [4.78, 5) is 21.8. The summed E-state index contributed by atoms with van der Waals surface area (Å²) in [6.07, 6.45) is 1.62. The number of anilines is 2. The zero-order valence-corrected chi connectivity index (χ0v) is 11.9. The van der Waals surface area contributed by atoms with E-state index >= 15 is 0 Å². The van der Waals surface area contributed by atoms with Crippen molar-refractivity contribution in [1.29, 1.82) is 0 Å². The molecule has 21 heavy (non-hydrogen) atoms. The number of rotatable bonds is 4. The van der Waals surface area contributed by atoms with E-state index in [-0.39, 0.29) is 11.9 Å². The Morgan fingerprint density at radius 3 is 2.71 bits per heavy atom. The summed E-state index contributed by atoms with van der Waals surface area (Å²) in [5.41, 5.74) is 2.60. The molecule has 3 rings (SSSR count). The minimum atomic E-state index is 0.178. The summed E-state index contributed by atoms with van der Waals surface area (Å²) >= 11 is 0. The number of nitrogens with zero attached hydrogens (tertiary/aromatic N) is 3. The van der Waals surface area contributed by atoms with Crippen LogP contribution in [0.5, 0.6) is 11.9 Å². The number of aromatic nitrogens is 2. The van der Waals surface area contributed by atoms with E-state index in [0.717, 1.165) is 18.7 Å². The Kier molecular flexibility index (Phi) is 3.43. The van der Waals surface area contributed by atoms with Crippen LogP contribution in [-0.4, -0.2) is 37.0 Å². The first-order valence-corrected chi connectivity index (χ1v) is 6.59. The van der Waals surface area contributed by atoms with E-state index < -0.39 is 0 Å². The number of aldehydes is 1. The molecule has 0 saturated heterocycles. The molecule has 1 aromatic heterocycles. The molecule has 0 saturated carbocycles. The molecule has 0 unspecified atom stereocenters. The molecule has 0 spiro atoms. The van der Waals surface area contributed by atoms with Gasteiger partial charge in [-0.05, 0) is 18.1 Å². The lowest BCUT2D eigenvalue weighted by Gasteiger charge is -2.21. The highest BCUT2D eigenvalue weighted by atomic mass is 16.5. The maximum atomic E-state index is 11.4. The van der Waals surface area contributed by atoms with Crippen LogP contribution >= 0.6 is 0 Å². The highest BCUT2D eigenvalue weighted by Gasteiger charge is 2.26. The summed E-state index contributed by atoms with van der Waals surface area (Å²) < 4.78 is 10.3. The van der Waals surface area contributed by atoms with Crippen molar-refractivity contribution in [3.63, 3.8) is 0 Å². The fraction of sp³-hybridized carbons (Fsp3) is 0.267. The van der Waals surface area contributed by atoms with Gasteiger partial charge in [0.25, 0.3) is 0 Å².